The molecule has 8 heteroatoms. The average molecular weight is 336 g/mol. The van der Waals surface area contributed by atoms with Gasteiger partial charge in [0.25, 0.3) is 11.8 Å². The van der Waals surface area contributed by atoms with E-state index >= 15 is 0 Å². The summed E-state index contributed by atoms with van der Waals surface area (Å²) in [5.41, 5.74) is -1.88. The molecule has 2 rings (SSSR count). The standard InChI is InChI=1S/C16H17FN2O5/c1-3-16(2,15(22)23)19-13(17)12(14(19)21)18-11(20)9-24-10-7-5-4-6-8-10/h3-8,12-13H,1,9H2,2H3,(H,18,20)(H,22,23). The van der Waals surface area contributed by atoms with Gasteiger partial charge in [-0.3, -0.25) is 14.5 Å². The summed E-state index contributed by atoms with van der Waals surface area (Å²) in [5.74, 6) is -2.47. The number of β-lactam (4-membered cyclic amide) rings is 1. The Kier molecular flexibility index (Phi) is 4.87. The maximum absolute atomic E-state index is 14.2. The third-order valence-electron chi connectivity index (χ3n) is 3.79. The number of nitrogens with one attached hydrogen (secondary N) is 1. The van der Waals surface area contributed by atoms with E-state index in [2.05, 4.69) is 11.9 Å². The van der Waals surface area contributed by atoms with Crippen LogP contribution in [0.5, 0.6) is 5.75 Å². The molecule has 1 heterocycles. The zero-order valence-electron chi connectivity index (χ0n) is 12.9. The predicted molar refractivity (Wildman–Crippen MR) is 81.8 cm³/mol. The van der Waals surface area contributed by atoms with Crippen LogP contribution < -0.4 is 10.1 Å². The SMILES string of the molecule is C=CC(C)(C(=O)O)N1C(=O)C(NC(=O)COc2ccccc2)C1F. The quantitative estimate of drug-likeness (QED) is 0.434. The van der Waals surface area contributed by atoms with Crippen molar-refractivity contribution in [2.75, 3.05) is 6.61 Å². The zero-order valence-corrected chi connectivity index (χ0v) is 12.9. The number of hydrogen-bond donors (Lipinski definition) is 2. The van der Waals surface area contributed by atoms with Crippen LogP contribution in [0.25, 0.3) is 0 Å². The van der Waals surface area contributed by atoms with Crippen molar-refractivity contribution >= 4 is 17.8 Å². The normalized spacial score (nSPS) is 22.1. The second-order valence-electron chi connectivity index (χ2n) is 5.38. The molecule has 1 aliphatic heterocycles. The molecule has 24 heavy (non-hydrogen) atoms. The molecule has 1 saturated heterocycles. The Morgan fingerprint density at radius 2 is 2.08 bits per heavy atom. The van der Waals surface area contributed by atoms with E-state index in [-0.39, 0.29) is 0 Å². The van der Waals surface area contributed by atoms with E-state index in [9.17, 15) is 18.8 Å². The van der Waals surface area contributed by atoms with Gasteiger partial charge in [0.15, 0.2) is 18.2 Å². The van der Waals surface area contributed by atoms with Crippen molar-refractivity contribution in [1.29, 1.82) is 0 Å². The maximum Gasteiger partial charge on any atom is 0.333 e. The number of aliphatic carboxylic acids is 1. The van der Waals surface area contributed by atoms with Crippen LogP contribution in [0.2, 0.25) is 0 Å². The molecule has 1 aromatic rings. The lowest BCUT2D eigenvalue weighted by Crippen LogP contribution is -2.75. The smallest absolute Gasteiger partial charge is 0.333 e. The Balaban J connectivity index is 1.93. The van der Waals surface area contributed by atoms with E-state index in [1.54, 1.807) is 30.3 Å². The molecule has 0 aliphatic carbocycles. The number of carbonyl (C=O) groups is 3. The van der Waals surface area contributed by atoms with Crippen LogP contribution in [0.3, 0.4) is 0 Å². The Morgan fingerprint density at radius 3 is 2.58 bits per heavy atom. The summed E-state index contributed by atoms with van der Waals surface area (Å²) in [5, 5.41) is 11.3. The van der Waals surface area contributed by atoms with Crippen molar-refractivity contribution < 1.29 is 28.6 Å². The van der Waals surface area contributed by atoms with E-state index in [1.807, 2.05) is 0 Å². The molecule has 0 saturated carbocycles. The highest BCUT2D eigenvalue weighted by Gasteiger charge is 2.58. The molecule has 7 nitrogen and oxygen atoms in total. The van der Waals surface area contributed by atoms with Gasteiger partial charge >= 0.3 is 5.97 Å². The number of halogens is 1. The number of carbonyl (C=O) groups excluding carboxylic acids is 2. The second-order valence-corrected chi connectivity index (χ2v) is 5.38. The number of rotatable bonds is 7. The fraction of sp³-hybridized carbons (Fsp3) is 0.312. The van der Waals surface area contributed by atoms with Gasteiger partial charge in [-0.25, -0.2) is 9.18 Å². The first-order chi connectivity index (χ1) is 11.3. The molecule has 2 amide bonds. The molecular formula is C16H17FN2O5. The van der Waals surface area contributed by atoms with Crippen LogP contribution in [-0.4, -0.2) is 52.3 Å². The summed E-state index contributed by atoms with van der Waals surface area (Å²) in [6.45, 7) is 4.09. The number of para-hydroxylation sites is 1. The van der Waals surface area contributed by atoms with Gasteiger partial charge in [-0.05, 0) is 19.1 Å². The summed E-state index contributed by atoms with van der Waals surface area (Å²) in [6, 6.07) is 7.07. The summed E-state index contributed by atoms with van der Waals surface area (Å²) in [6.07, 6.45) is -0.992. The third-order valence-corrected chi connectivity index (χ3v) is 3.79. The minimum absolute atomic E-state index is 0.391. The van der Waals surface area contributed by atoms with Crippen molar-refractivity contribution in [3.05, 3.63) is 43.0 Å². The average Bonchev–Trinajstić information content (AvgIpc) is 2.58. The number of ether oxygens (including phenoxy) is 1. The summed E-state index contributed by atoms with van der Waals surface area (Å²) in [4.78, 5) is 35.5. The van der Waals surface area contributed by atoms with Crippen molar-refractivity contribution in [1.82, 2.24) is 10.2 Å². The minimum atomic E-state index is -1.96. The Morgan fingerprint density at radius 1 is 1.46 bits per heavy atom. The van der Waals surface area contributed by atoms with Crippen LogP contribution >= 0.6 is 0 Å². The van der Waals surface area contributed by atoms with E-state index in [0.29, 0.717) is 10.6 Å². The molecule has 1 aliphatic rings. The van der Waals surface area contributed by atoms with Gasteiger partial charge in [0.2, 0.25) is 6.30 Å². The molecule has 2 N–H and O–H groups in total. The number of alkyl halides is 1. The number of carboxylic acids is 1. The van der Waals surface area contributed by atoms with Gasteiger partial charge in [-0.1, -0.05) is 24.3 Å². The first kappa shape index (κ1) is 17.5. The fourth-order valence-corrected chi connectivity index (χ4v) is 2.24. The molecule has 0 aromatic heterocycles. The van der Waals surface area contributed by atoms with Gasteiger partial charge in [-0.2, -0.15) is 0 Å². The monoisotopic (exact) mass is 336 g/mol. The first-order valence-electron chi connectivity index (χ1n) is 7.12. The Bertz CT molecular complexity index is 666. The topological polar surface area (TPSA) is 95.9 Å². The lowest BCUT2D eigenvalue weighted by molar-refractivity contribution is -0.183. The van der Waals surface area contributed by atoms with Gasteiger partial charge < -0.3 is 15.2 Å². The van der Waals surface area contributed by atoms with Crippen LogP contribution in [0.4, 0.5) is 4.39 Å². The van der Waals surface area contributed by atoms with Crippen molar-refractivity contribution in [2.24, 2.45) is 0 Å². The van der Waals surface area contributed by atoms with Crippen LogP contribution in [-0.2, 0) is 14.4 Å². The largest absolute Gasteiger partial charge is 0.484 e. The van der Waals surface area contributed by atoms with Crippen LogP contribution in [0, 0.1) is 0 Å². The molecule has 0 spiro atoms. The van der Waals surface area contributed by atoms with E-state index in [1.165, 1.54) is 0 Å². The van der Waals surface area contributed by atoms with Gasteiger partial charge in [-0.15, -0.1) is 6.58 Å². The summed E-state index contributed by atoms with van der Waals surface area (Å²) in [7, 11) is 0. The highest BCUT2D eigenvalue weighted by molar-refractivity contribution is 5.98. The van der Waals surface area contributed by atoms with Gasteiger partial charge in [0.05, 0.1) is 0 Å². The molecule has 0 bridgehead atoms. The van der Waals surface area contributed by atoms with Crippen LogP contribution in [0.1, 0.15) is 6.92 Å². The molecule has 3 unspecified atom stereocenters. The molecular weight excluding hydrogens is 319 g/mol. The third kappa shape index (κ3) is 3.08. The molecule has 0 radical (unpaired) electrons. The highest BCUT2D eigenvalue weighted by Crippen LogP contribution is 2.31. The zero-order chi connectivity index (χ0) is 17.9. The van der Waals surface area contributed by atoms with Crippen molar-refractivity contribution in [2.45, 2.75) is 24.8 Å². The Hall–Kier alpha value is -2.90. The molecule has 1 fully saturated rings. The Labute approximate surface area is 137 Å². The van der Waals surface area contributed by atoms with E-state index in [4.69, 9.17) is 9.84 Å². The number of likely N-dealkylation sites (tertiary alicyclic amines) is 1. The van der Waals surface area contributed by atoms with E-state index in [0.717, 1.165) is 13.0 Å². The first-order valence-corrected chi connectivity index (χ1v) is 7.12. The predicted octanol–water partition coefficient (Wildman–Crippen LogP) is 0.717. The number of carboxylic acid groups (broad SMARTS) is 1. The molecule has 128 valence electrons. The van der Waals surface area contributed by atoms with Gasteiger partial charge in [0.1, 0.15) is 5.75 Å². The van der Waals surface area contributed by atoms with E-state index < -0.39 is 42.3 Å². The minimum Gasteiger partial charge on any atom is -0.484 e. The lowest BCUT2D eigenvalue weighted by atomic mass is 9.92. The number of benzene rings is 1. The van der Waals surface area contributed by atoms with Crippen LogP contribution in [0.15, 0.2) is 43.0 Å². The summed E-state index contributed by atoms with van der Waals surface area (Å²) < 4.78 is 19.4. The number of nitrogens with zero attached hydrogens (tertiary/aromatic N) is 1. The fourth-order valence-electron chi connectivity index (χ4n) is 2.24. The number of hydrogen-bond acceptors (Lipinski definition) is 4. The number of amides is 2. The lowest BCUT2D eigenvalue weighted by Gasteiger charge is -2.48. The maximum atomic E-state index is 14.2. The molecule has 1 aromatic carbocycles. The van der Waals surface area contributed by atoms with Crippen molar-refractivity contribution in [3.8, 4) is 5.75 Å². The second kappa shape index (κ2) is 6.69. The summed E-state index contributed by atoms with van der Waals surface area (Å²) >= 11 is 0. The van der Waals surface area contributed by atoms with Gasteiger partial charge in [0, 0.05) is 0 Å². The van der Waals surface area contributed by atoms with Crippen molar-refractivity contribution in [3.63, 3.8) is 0 Å². The molecule has 3 atom stereocenters. The highest BCUT2D eigenvalue weighted by atomic mass is 19.1.